The molecule has 0 N–H and O–H groups in total. The molecule has 0 spiro atoms. The number of hydrogen-bond acceptors (Lipinski definition) is 6. The molecule has 0 bridgehead atoms. The Labute approximate surface area is 155 Å². The monoisotopic (exact) mass is 368 g/mol. The lowest BCUT2D eigenvalue weighted by Crippen LogP contribution is -2.47. The summed E-state index contributed by atoms with van der Waals surface area (Å²) in [5.74, 6) is 0.718. The highest BCUT2D eigenvalue weighted by Gasteiger charge is 2.22. The molecule has 0 unspecified atom stereocenters. The highest BCUT2D eigenvalue weighted by atomic mass is 35.5. The molecule has 3 heterocycles. The largest absolute Gasteiger partial charge is 0.365 e. The molecular formula is C18H17ClN6O. The summed E-state index contributed by atoms with van der Waals surface area (Å²) >= 11 is 6.38. The Morgan fingerprint density at radius 3 is 2.23 bits per heavy atom. The van der Waals surface area contributed by atoms with Crippen molar-refractivity contribution in [1.29, 1.82) is 0 Å². The molecule has 1 fully saturated rings. The second-order valence-electron chi connectivity index (χ2n) is 5.92. The molecular weight excluding hydrogens is 352 g/mol. The van der Waals surface area contributed by atoms with Gasteiger partial charge in [0.15, 0.2) is 0 Å². The molecule has 132 valence electrons. The number of aromatic nitrogens is 4. The molecule has 4 rings (SSSR count). The first-order chi connectivity index (χ1) is 12.7. The summed E-state index contributed by atoms with van der Waals surface area (Å²) in [6.07, 6.45) is 5.13. The van der Waals surface area contributed by atoms with Crippen molar-refractivity contribution >= 4 is 23.2 Å². The van der Waals surface area contributed by atoms with Gasteiger partial charge in [0.1, 0.15) is 5.02 Å². The summed E-state index contributed by atoms with van der Waals surface area (Å²) in [5.41, 5.74) is 1.04. The highest BCUT2D eigenvalue weighted by Crippen LogP contribution is 2.23. The van der Waals surface area contributed by atoms with E-state index < -0.39 is 0 Å². The lowest BCUT2D eigenvalue weighted by molar-refractivity contribution is 0.636. The van der Waals surface area contributed by atoms with Crippen LogP contribution in [-0.2, 0) is 0 Å². The Morgan fingerprint density at radius 2 is 1.54 bits per heavy atom. The lowest BCUT2D eigenvalue weighted by atomic mass is 10.3. The van der Waals surface area contributed by atoms with Gasteiger partial charge in [-0.2, -0.15) is 9.78 Å². The van der Waals surface area contributed by atoms with Gasteiger partial charge < -0.3 is 9.80 Å². The predicted molar refractivity (Wildman–Crippen MR) is 101 cm³/mol. The fourth-order valence-electron chi connectivity index (χ4n) is 3.00. The van der Waals surface area contributed by atoms with Crippen molar-refractivity contribution in [2.45, 2.75) is 0 Å². The van der Waals surface area contributed by atoms with Crippen molar-refractivity contribution in [3.8, 4) is 5.69 Å². The minimum atomic E-state index is -0.316. The second-order valence-corrected chi connectivity index (χ2v) is 6.30. The van der Waals surface area contributed by atoms with Crippen molar-refractivity contribution < 1.29 is 0 Å². The third kappa shape index (κ3) is 3.13. The summed E-state index contributed by atoms with van der Waals surface area (Å²) in [6, 6.07) is 11.0. The maximum Gasteiger partial charge on any atom is 0.292 e. The summed E-state index contributed by atoms with van der Waals surface area (Å²) < 4.78 is 1.32. The lowest BCUT2D eigenvalue weighted by Gasteiger charge is -2.36. The minimum absolute atomic E-state index is 0.188. The quantitative estimate of drug-likeness (QED) is 0.704. The van der Waals surface area contributed by atoms with Gasteiger partial charge in [0.05, 0.1) is 17.6 Å². The van der Waals surface area contributed by atoms with Crippen LogP contribution in [0, 0.1) is 0 Å². The van der Waals surface area contributed by atoms with Gasteiger partial charge in [0, 0.05) is 38.6 Å². The Kier molecular flexibility index (Phi) is 4.53. The van der Waals surface area contributed by atoms with Gasteiger partial charge in [0.2, 0.25) is 5.95 Å². The molecule has 1 aromatic carbocycles. The molecule has 0 radical (unpaired) electrons. The number of benzene rings is 1. The van der Waals surface area contributed by atoms with Crippen LogP contribution in [0.5, 0.6) is 0 Å². The van der Waals surface area contributed by atoms with Gasteiger partial charge in [-0.05, 0) is 18.2 Å². The Morgan fingerprint density at radius 1 is 0.885 bits per heavy atom. The van der Waals surface area contributed by atoms with Crippen molar-refractivity contribution in [3.05, 3.63) is 70.4 Å². The predicted octanol–water partition coefficient (Wildman–Crippen LogP) is 2.00. The zero-order chi connectivity index (χ0) is 17.9. The fraction of sp³-hybridized carbons (Fsp3) is 0.222. The minimum Gasteiger partial charge on any atom is -0.365 e. The van der Waals surface area contributed by atoms with Crippen LogP contribution in [0.3, 0.4) is 0 Å². The van der Waals surface area contributed by atoms with E-state index in [1.165, 1.54) is 4.68 Å². The first-order valence-corrected chi connectivity index (χ1v) is 8.72. The van der Waals surface area contributed by atoms with Gasteiger partial charge in [-0.1, -0.05) is 29.8 Å². The average Bonchev–Trinajstić information content (AvgIpc) is 2.71. The van der Waals surface area contributed by atoms with E-state index in [9.17, 15) is 4.79 Å². The summed E-state index contributed by atoms with van der Waals surface area (Å²) in [4.78, 5) is 25.4. The Bertz CT molecular complexity index is 939. The van der Waals surface area contributed by atoms with Crippen LogP contribution in [0.25, 0.3) is 5.69 Å². The molecule has 1 aliphatic rings. The van der Waals surface area contributed by atoms with E-state index in [1.54, 1.807) is 24.7 Å². The molecule has 26 heavy (non-hydrogen) atoms. The summed E-state index contributed by atoms with van der Waals surface area (Å²) in [5, 5.41) is 4.49. The average molecular weight is 369 g/mol. The molecule has 8 heteroatoms. The molecule has 0 atom stereocenters. The summed E-state index contributed by atoms with van der Waals surface area (Å²) in [6.45, 7) is 2.94. The third-order valence-electron chi connectivity index (χ3n) is 4.36. The van der Waals surface area contributed by atoms with E-state index in [1.807, 2.05) is 30.3 Å². The van der Waals surface area contributed by atoms with E-state index in [0.717, 1.165) is 19.0 Å². The fourth-order valence-corrected chi connectivity index (χ4v) is 3.25. The molecule has 3 aromatic rings. The third-order valence-corrected chi connectivity index (χ3v) is 4.71. The van der Waals surface area contributed by atoms with Gasteiger partial charge in [-0.15, -0.1) is 0 Å². The van der Waals surface area contributed by atoms with Crippen LogP contribution in [0.1, 0.15) is 0 Å². The van der Waals surface area contributed by atoms with Crippen molar-refractivity contribution in [3.63, 3.8) is 0 Å². The number of nitrogens with zero attached hydrogens (tertiary/aromatic N) is 6. The van der Waals surface area contributed by atoms with E-state index in [4.69, 9.17) is 11.6 Å². The van der Waals surface area contributed by atoms with Crippen molar-refractivity contribution in [1.82, 2.24) is 19.7 Å². The van der Waals surface area contributed by atoms with Gasteiger partial charge >= 0.3 is 0 Å². The number of anilines is 2. The molecule has 1 aliphatic heterocycles. The van der Waals surface area contributed by atoms with Gasteiger partial charge in [-0.25, -0.2) is 9.97 Å². The number of piperazine rings is 1. The Balaban J connectivity index is 1.54. The first kappa shape index (κ1) is 16.5. The van der Waals surface area contributed by atoms with Crippen LogP contribution in [0.4, 0.5) is 11.6 Å². The number of halogens is 1. The van der Waals surface area contributed by atoms with E-state index in [-0.39, 0.29) is 10.6 Å². The highest BCUT2D eigenvalue weighted by molar-refractivity contribution is 6.33. The maximum absolute atomic E-state index is 12.6. The smallest absolute Gasteiger partial charge is 0.292 e. The van der Waals surface area contributed by atoms with Crippen LogP contribution < -0.4 is 15.4 Å². The molecule has 0 aliphatic carbocycles. The SMILES string of the molecule is O=c1c(Cl)c(N2CCN(c3ncccn3)CC2)cnn1-c1ccccc1. The number of hydrogen-bond donors (Lipinski definition) is 0. The normalized spacial score (nSPS) is 14.5. The van der Waals surface area contributed by atoms with Crippen LogP contribution in [0.2, 0.25) is 5.02 Å². The van der Waals surface area contributed by atoms with Crippen molar-refractivity contribution in [2.75, 3.05) is 36.0 Å². The zero-order valence-electron chi connectivity index (χ0n) is 14.0. The van der Waals surface area contributed by atoms with Gasteiger partial charge in [-0.3, -0.25) is 4.79 Å². The van der Waals surface area contributed by atoms with Crippen LogP contribution in [-0.4, -0.2) is 45.9 Å². The van der Waals surface area contributed by atoms with E-state index in [0.29, 0.717) is 24.5 Å². The molecule has 1 saturated heterocycles. The number of para-hydroxylation sites is 1. The first-order valence-electron chi connectivity index (χ1n) is 8.34. The molecule has 0 amide bonds. The maximum atomic E-state index is 12.6. The van der Waals surface area contributed by atoms with Gasteiger partial charge in [0.25, 0.3) is 5.56 Å². The van der Waals surface area contributed by atoms with Crippen LogP contribution in [0.15, 0.2) is 59.8 Å². The zero-order valence-corrected chi connectivity index (χ0v) is 14.8. The van der Waals surface area contributed by atoms with E-state index >= 15 is 0 Å². The second kappa shape index (κ2) is 7.13. The molecule has 2 aromatic heterocycles. The molecule has 7 nitrogen and oxygen atoms in total. The standard InChI is InChI=1S/C18H17ClN6O/c19-16-15(13-22-25(17(16)26)14-5-2-1-3-6-14)23-9-11-24(12-10-23)18-20-7-4-8-21-18/h1-8,13H,9-12H2. The van der Waals surface area contributed by atoms with Crippen molar-refractivity contribution in [2.24, 2.45) is 0 Å². The number of rotatable bonds is 3. The van der Waals surface area contributed by atoms with E-state index in [2.05, 4.69) is 24.9 Å². The van der Waals surface area contributed by atoms with Crippen LogP contribution >= 0.6 is 11.6 Å². The summed E-state index contributed by atoms with van der Waals surface area (Å²) in [7, 11) is 0. The Hall–Kier alpha value is -2.93. The topological polar surface area (TPSA) is 67.2 Å². The molecule has 0 saturated carbocycles.